The minimum Gasteiger partial charge on any atom is -0.544 e. The van der Waals surface area contributed by atoms with Crippen molar-refractivity contribution < 1.29 is 58.6 Å². The van der Waals surface area contributed by atoms with Crippen molar-refractivity contribution in [3.05, 3.63) is 0 Å². The first-order valence-corrected chi connectivity index (χ1v) is 6.23. The van der Waals surface area contributed by atoms with E-state index in [0.29, 0.717) is 5.06 Å². The Kier molecular flexibility index (Phi) is 5.07. The Morgan fingerprint density at radius 2 is 2.22 bits per heavy atom. The van der Waals surface area contributed by atoms with E-state index in [1.807, 2.05) is 0 Å². The summed E-state index contributed by atoms with van der Waals surface area (Å²) in [5.41, 5.74) is -2.10. The first-order valence-electron chi connectivity index (χ1n) is 4.94. The Hall–Kier alpha value is -0.280. The van der Waals surface area contributed by atoms with E-state index in [-0.39, 0.29) is 49.0 Å². The number of hydrogen-bond acceptors (Lipinski definition) is 7. The molecule has 0 spiro atoms. The molecule has 0 aromatic carbocycles. The number of aliphatic carboxylic acids is 1. The number of carboxylic acid groups (broad SMARTS) is 1. The number of carbonyl (C=O) groups excluding carboxylic acids is 3. The van der Waals surface area contributed by atoms with Gasteiger partial charge in [0.25, 0.3) is 11.6 Å². The van der Waals surface area contributed by atoms with Crippen LogP contribution in [0.1, 0.15) is 12.8 Å². The fraction of sp³-hybridized carbons (Fsp3) is 0.667. The van der Waals surface area contributed by atoms with E-state index in [1.54, 1.807) is 6.26 Å². The molecule has 0 aromatic heterocycles. The summed E-state index contributed by atoms with van der Waals surface area (Å²) < 4.78 is 4.73. The van der Waals surface area contributed by atoms with E-state index in [1.165, 1.54) is 11.8 Å². The van der Waals surface area contributed by atoms with Crippen molar-refractivity contribution in [2.75, 3.05) is 12.9 Å². The van der Waals surface area contributed by atoms with Crippen molar-refractivity contribution in [3.63, 3.8) is 0 Å². The van der Waals surface area contributed by atoms with Crippen molar-refractivity contribution in [3.8, 4) is 0 Å². The standard InChI is InChI=1S/C9H11NO6S.Na/c1-17-5-4-15-10(7(5)12)9(8(13)14)3-2-6(11)16-9;/h5H,2-4H2,1H3,(H,13,14);/q;+1/p-1. The molecule has 2 unspecified atom stereocenters. The summed E-state index contributed by atoms with van der Waals surface area (Å²) >= 11 is 1.24. The van der Waals surface area contributed by atoms with E-state index in [9.17, 15) is 19.5 Å². The summed E-state index contributed by atoms with van der Waals surface area (Å²) in [4.78, 5) is 39.1. The van der Waals surface area contributed by atoms with Gasteiger partial charge in [-0.1, -0.05) is 0 Å². The normalized spacial score (nSPS) is 31.2. The Bertz CT molecular complexity index is 391. The summed E-state index contributed by atoms with van der Waals surface area (Å²) in [6.07, 6.45) is 1.48. The summed E-state index contributed by atoms with van der Waals surface area (Å²) in [5.74, 6) is -2.84. The third-order valence-electron chi connectivity index (χ3n) is 2.71. The summed E-state index contributed by atoms with van der Waals surface area (Å²) in [6.45, 7) is 0.0621. The molecule has 0 radical (unpaired) electrons. The average Bonchev–Trinajstić information content (AvgIpc) is 2.83. The van der Waals surface area contributed by atoms with Gasteiger partial charge in [0.2, 0.25) is 0 Å². The van der Waals surface area contributed by atoms with Gasteiger partial charge >= 0.3 is 35.5 Å². The number of carbonyl (C=O) groups is 3. The first-order chi connectivity index (χ1) is 8.01. The van der Waals surface area contributed by atoms with Crippen LogP contribution in [0.5, 0.6) is 0 Å². The number of hydroxylamine groups is 2. The number of esters is 1. The van der Waals surface area contributed by atoms with Crippen LogP contribution in [0.15, 0.2) is 0 Å². The van der Waals surface area contributed by atoms with Gasteiger partial charge in [-0.3, -0.25) is 14.4 Å². The van der Waals surface area contributed by atoms with Gasteiger partial charge in [0.15, 0.2) is 0 Å². The third-order valence-corrected chi connectivity index (χ3v) is 3.62. The van der Waals surface area contributed by atoms with Crippen molar-refractivity contribution >= 4 is 29.6 Å². The van der Waals surface area contributed by atoms with Crippen LogP contribution >= 0.6 is 11.8 Å². The van der Waals surface area contributed by atoms with E-state index in [0.717, 1.165) is 0 Å². The summed E-state index contributed by atoms with van der Waals surface area (Å²) in [5, 5.41) is 11.3. The quantitative estimate of drug-likeness (QED) is 0.379. The van der Waals surface area contributed by atoms with Crippen LogP contribution in [-0.4, -0.2) is 46.7 Å². The molecule has 2 rings (SSSR count). The summed E-state index contributed by atoms with van der Waals surface area (Å²) in [7, 11) is 0. The van der Waals surface area contributed by atoms with Gasteiger partial charge in [0, 0.05) is 6.42 Å². The maximum absolute atomic E-state index is 11.8. The molecule has 2 aliphatic rings. The molecule has 1 amide bonds. The maximum Gasteiger partial charge on any atom is 1.00 e. The smallest absolute Gasteiger partial charge is 0.544 e. The predicted octanol–water partition coefficient (Wildman–Crippen LogP) is -4.72. The molecular formula is C9H10NNaO6S. The molecule has 9 heteroatoms. The molecule has 0 N–H and O–H groups in total. The van der Waals surface area contributed by atoms with Gasteiger partial charge in [-0.25, -0.2) is 0 Å². The number of ether oxygens (including phenoxy) is 1. The van der Waals surface area contributed by atoms with Gasteiger partial charge < -0.3 is 14.6 Å². The predicted molar refractivity (Wildman–Crippen MR) is 53.2 cm³/mol. The zero-order chi connectivity index (χ0) is 12.6. The molecule has 0 aromatic rings. The number of nitrogens with zero attached hydrogens (tertiary/aromatic N) is 1. The van der Waals surface area contributed by atoms with E-state index < -0.39 is 28.8 Å². The molecule has 2 aliphatic heterocycles. The SMILES string of the molecule is CSC1CON(C2(C(=O)[O-])CCC(=O)O2)C1=O.[Na+]. The number of cyclic esters (lactones) is 1. The first kappa shape index (κ1) is 15.8. The molecule has 2 fully saturated rings. The molecule has 94 valence electrons. The Morgan fingerprint density at radius 3 is 2.61 bits per heavy atom. The second kappa shape index (κ2) is 5.79. The number of carboxylic acids is 1. The van der Waals surface area contributed by atoms with Crippen LogP contribution in [0, 0.1) is 0 Å². The van der Waals surface area contributed by atoms with Crippen molar-refractivity contribution in [1.82, 2.24) is 5.06 Å². The molecule has 0 aliphatic carbocycles. The van der Waals surface area contributed by atoms with Crippen LogP contribution in [0.3, 0.4) is 0 Å². The van der Waals surface area contributed by atoms with E-state index in [4.69, 9.17) is 9.57 Å². The Morgan fingerprint density at radius 1 is 1.56 bits per heavy atom. The number of rotatable bonds is 3. The third kappa shape index (κ3) is 2.39. The molecule has 2 saturated heterocycles. The van der Waals surface area contributed by atoms with Gasteiger partial charge in [-0.05, 0) is 6.26 Å². The Balaban J connectivity index is 0.00000162. The average molecular weight is 283 g/mol. The number of amides is 1. The van der Waals surface area contributed by atoms with Crippen molar-refractivity contribution in [2.45, 2.75) is 23.8 Å². The molecule has 7 nitrogen and oxygen atoms in total. The van der Waals surface area contributed by atoms with Crippen LogP contribution in [0.4, 0.5) is 0 Å². The minimum absolute atomic E-state index is 0. The van der Waals surface area contributed by atoms with Crippen LogP contribution in [-0.2, 0) is 24.0 Å². The van der Waals surface area contributed by atoms with Crippen LogP contribution in [0.25, 0.3) is 0 Å². The molecule has 0 saturated carbocycles. The molecule has 2 heterocycles. The monoisotopic (exact) mass is 283 g/mol. The maximum atomic E-state index is 11.8. The van der Waals surface area contributed by atoms with Gasteiger partial charge in [0.05, 0.1) is 13.0 Å². The topological polar surface area (TPSA) is 96.0 Å². The number of hydrogen-bond donors (Lipinski definition) is 0. The van der Waals surface area contributed by atoms with Gasteiger partial charge in [0.1, 0.15) is 11.2 Å². The second-order valence-corrected chi connectivity index (χ2v) is 4.74. The molecular weight excluding hydrogens is 273 g/mol. The Labute approximate surface area is 129 Å². The van der Waals surface area contributed by atoms with E-state index >= 15 is 0 Å². The van der Waals surface area contributed by atoms with Gasteiger partial charge in [-0.15, -0.1) is 11.8 Å². The molecule has 18 heavy (non-hydrogen) atoms. The zero-order valence-corrected chi connectivity index (χ0v) is 12.8. The van der Waals surface area contributed by atoms with Crippen molar-refractivity contribution in [1.29, 1.82) is 0 Å². The largest absolute Gasteiger partial charge is 1.00 e. The van der Waals surface area contributed by atoms with Gasteiger partial charge in [-0.2, -0.15) is 5.06 Å². The van der Waals surface area contributed by atoms with Crippen LogP contribution < -0.4 is 34.7 Å². The zero-order valence-electron chi connectivity index (χ0n) is 10.0. The van der Waals surface area contributed by atoms with Crippen LogP contribution in [0.2, 0.25) is 0 Å². The molecule has 2 atom stereocenters. The fourth-order valence-corrected chi connectivity index (χ4v) is 2.28. The minimum atomic E-state index is -2.10. The second-order valence-electron chi connectivity index (χ2n) is 3.70. The van der Waals surface area contributed by atoms with E-state index in [2.05, 4.69) is 0 Å². The number of thioether (sulfide) groups is 1. The molecule has 0 bridgehead atoms. The summed E-state index contributed by atoms with van der Waals surface area (Å²) in [6, 6.07) is 0. The van der Waals surface area contributed by atoms with Crippen molar-refractivity contribution in [2.24, 2.45) is 0 Å². The fourth-order valence-electron chi connectivity index (χ4n) is 1.79.